The molecule has 12 heavy (non-hydrogen) atoms. The minimum Gasteiger partial charge on any atom is -0.298 e. The van der Waals surface area contributed by atoms with E-state index >= 15 is 0 Å². The highest BCUT2D eigenvalue weighted by Crippen LogP contribution is 2.22. The van der Waals surface area contributed by atoms with Crippen LogP contribution in [0.2, 0.25) is 0 Å². The summed E-state index contributed by atoms with van der Waals surface area (Å²) in [7, 11) is 0. The van der Waals surface area contributed by atoms with E-state index in [9.17, 15) is 4.39 Å². The monoisotopic (exact) mass is 173 g/mol. The minimum atomic E-state index is -0.186. The van der Waals surface area contributed by atoms with E-state index in [2.05, 4.69) is 18.7 Å². The molecule has 72 valence electrons. The van der Waals surface area contributed by atoms with Crippen molar-refractivity contribution in [3.05, 3.63) is 0 Å². The largest absolute Gasteiger partial charge is 0.298 e. The molecule has 0 aromatic heterocycles. The molecule has 1 aliphatic rings. The first-order chi connectivity index (χ1) is 5.74. The van der Waals surface area contributed by atoms with Crippen LogP contribution in [-0.4, -0.2) is 30.7 Å². The van der Waals surface area contributed by atoms with Crippen molar-refractivity contribution in [1.82, 2.24) is 4.90 Å². The number of halogens is 1. The smallest absolute Gasteiger partial charge is 0.102 e. The van der Waals surface area contributed by atoms with Crippen LogP contribution >= 0.6 is 0 Å². The summed E-state index contributed by atoms with van der Waals surface area (Å²) in [4.78, 5) is 2.31. The Morgan fingerprint density at radius 3 is 2.83 bits per heavy atom. The number of rotatable bonds is 4. The van der Waals surface area contributed by atoms with Gasteiger partial charge >= 0.3 is 0 Å². The predicted octanol–water partition coefficient (Wildman–Crippen LogP) is 2.47. The van der Waals surface area contributed by atoms with Gasteiger partial charge in [0.2, 0.25) is 0 Å². The molecule has 1 nitrogen and oxygen atoms in total. The molecular formula is C10H20FN. The molecule has 2 heteroatoms. The van der Waals surface area contributed by atoms with Gasteiger partial charge in [0.25, 0.3) is 0 Å². The molecule has 1 aliphatic heterocycles. The summed E-state index contributed by atoms with van der Waals surface area (Å²) in [6, 6.07) is 0.667. The first-order valence-electron chi connectivity index (χ1n) is 5.04. The highest BCUT2D eigenvalue weighted by Gasteiger charge is 2.24. The van der Waals surface area contributed by atoms with Gasteiger partial charge in [-0.2, -0.15) is 0 Å². The van der Waals surface area contributed by atoms with E-state index in [1.165, 1.54) is 19.3 Å². The van der Waals surface area contributed by atoms with E-state index in [0.29, 0.717) is 12.6 Å². The Balaban J connectivity index is 2.30. The zero-order chi connectivity index (χ0) is 8.97. The number of hydrogen-bond donors (Lipinski definition) is 0. The molecule has 0 saturated carbocycles. The summed E-state index contributed by atoms with van der Waals surface area (Å²) in [5.74, 6) is 0.746. The fourth-order valence-electron chi connectivity index (χ4n) is 2.11. The van der Waals surface area contributed by atoms with Gasteiger partial charge in [0.1, 0.15) is 6.67 Å². The van der Waals surface area contributed by atoms with Crippen LogP contribution in [0, 0.1) is 5.92 Å². The summed E-state index contributed by atoms with van der Waals surface area (Å²) >= 11 is 0. The fraction of sp³-hybridized carbons (Fsp3) is 1.00. The Hall–Kier alpha value is -0.110. The van der Waals surface area contributed by atoms with Gasteiger partial charge in [-0.1, -0.05) is 13.8 Å². The van der Waals surface area contributed by atoms with Crippen molar-refractivity contribution in [1.29, 1.82) is 0 Å². The molecule has 1 unspecified atom stereocenters. The van der Waals surface area contributed by atoms with Gasteiger partial charge in [-0.3, -0.25) is 4.90 Å². The third kappa shape index (κ3) is 2.74. The highest BCUT2D eigenvalue weighted by atomic mass is 19.1. The average molecular weight is 173 g/mol. The Kier molecular flexibility index (Phi) is 3.99. The molecule has 0 aliphatic carbocycles. The van der Waals surface area contributed by atoms with Crippen molar-refractivity contribution in [2.45, 2.75) is 39.2 Å². The van der Waals surface area contributed by atoms with Crippen LogP contribution in [0.1, 0.15) is 33.1 Å². The van der Waals surface area contributed by atoms with Gasteiger partial charge in [0.15, 0.2) is 0 Å². The van der Waals surface area contributed by atoms with Crippen LogP contribution in [0.5, 0.6) is 0 Å². The first kappa shape index (κ1) is 9.97. The zero-order valence-corrected chi connectivity index (χ0v) is 8.22. The van der Waals surface area contributed by atoms with E-state index in [1.807, 2.05) is 0 Å². The lowest BCUT2D eigenvalue weighted by Crippen LogP contribution is -2.32. The maximum absolute atomic E-state index is 12.1. The minimum absolute atomic E-state index is 0.186. The molecule has 1 saturated heterocycles. The molecule has 0 bridgehead atoms. The molecule has 0 aromatic carbocycles. The quantitative estimate of drug-likeness (QED) is 0.631. The maximum Gasteiger partial charge on any atom is 0.102 e. The number of likely N-dealkylation sites (tertiary alicyclic amines) is 1. The lowest BCUT2D eigenvalue weighted by Gasteiger charge is -2.24. The Bertz CT molecular complexity index is 125. The van der Waals surface area contributed by atoms with Gasteiger partial charge in [0.05, 0.1) is 0 Å². The van der Waals surface area contributed by atoms with Crippen molar-refractivity contribution >= 4 is 0 Å². The molecule has 0 amide bonds. The molecular weight excluding hydrogens is 153 g/mol. The summed E-state index contributed by atoms with van der Waals surface area (Å²) < 4.78 is 12.1. The molecule has 0 radical (unpaired) electrons. The van der Waals surface area contributed by atoms with Gasteiger partial charge in [-0.15, -0.1) is 0 Å². The van der Waals surface area contributed by atoms with E-state index in [-0.39, 0.29) is 6.67 Å². The van der Waals surface area contributed by atoms with Crippen LogP contribution < -0.4 is 0 Å². The van der Waals surface area contributed by atoms with Gasteiger partial charge in [-0.25, -0.2) is 4.39 Å². The van der Waals surface area contributed by atoms with Crippen molar-refractivity contribution < 1.29 is 4.39 Å². The highest BCUT2D eigenvalue weighted by molar-refractivity contribution is 4.79. The van der Waals surface area contributed by atoms with Crippen molar-refractivity contribution in [3.8, 4) is 0 Å². The van der Waals surface area contributed by atoms with E-state index in [4.69, 9.17) is 0 Å². The summed E-state index contributed by atoms with van der Waals surface area (Å²) in [6.07, 6.45) is 3.77. The third-order valence-corrected chi connectivity index (χ3v) is 2.61. The van der Waals surface area contributed by atoms with Gasteiger partial charge in [-0.05, 0) is 31.7 Å². The maximum atomic E-state index is 12.1. The van der Waals surface area contributed by atoms with E-state index < -0.39 is 0 Å². The molecule has 0 aromatic rings. The molecule has 0 N–H and O–H groups in total. The number of alkyl halides is 1. The Labute approximate surface area is 74.9 Å². The number of nitrogens with zero attached hydrogens (tertiary/aromatic N) is 1. The molecule has 1 atom stereocenters. The SMILES string of the molecule is CC(C)CC1CCCN1CCF. The molecule has 1 heterocycles. The van der Waals surface area contributed by atoms with Crippen LogP contribution in [0.15, 0.2) is 0 Å². The predicted molar refractivity (Wildman–Crippen MR) is 50.0 cm³/mol. The molecule has 1 rings (SSSR count). The molecule has 1 fully saturated rings. The summed E-state index contributed by atoms with van der Waals surface area (Å²) in [5.41, 5.74) is 0. The zero-order valence-electron chi connectivity index (χ0n) is 8.22. The van der Waals surface area contributed by atoms with Crippen LogP contribution in [0.3, 0.4) is 0 Å². The fourth-order valence-corrected chi connectivity index (χ4v) is 2.11. The number of hydrogen-bond acceptors (Lipinski definition) is 1. The summed E-state index contributed by atoms with van der Waals surface area (Å²) in [5, 5.41) is 0. The van der Waals surface area contributed by atoms with Gasteiger partial charge < -0.3 is 0 Å². The van der Waals surface area contributed by atoms with Gasteiger partial charge in [0, 0.05) is 12.6 Å². The first-order valence-corrected chi connectivity index (χ1v) is 5.04. The lowest BCUT2D eigenvalue weighted by molar-refractivity contribution is 0.208. The normalized spacial score (nSPS) is 25.5. The molecule has 0 spiro atoms. The standard InChI is InChI=1S/C10H20FN/c1-9(2)8-10-4-3-6-12(10)7-5-11/h9-10H,3-8H2,1-2H3. The third-order valence-electron chi connectivity index (χ3n) is 2.61. The average Bonchev–Trinajstić information content (AvgIpc) is 2.37. The van der Waals surface area contributed by atoms with Crippen molar-refractivity contribution in [3.63, 3.8) is 0 Å². The second-order valence-electron chi connectivity index (χ2n) is 4.15. The lowest BCUT2D eigenvalue weighted by atomic mass is 10.0. The topological polar surface area (TPSA) is 3.24 Å². The van der Waals surface area contributed by atoms with Crippen LogP contribution in [0.25, 0.3) is 0 Å². The van der Waals surface area contributed by atoms with Crippen LogP contribution in [-0.2, 0) is 0 Å². The Morgan fingerprint density at radius 2 is 2.25 bits per heavy atom. The second-order valence-corrected chi connectivity index (χ2v) is 4.15. The Morgan fingerprint density at radius 1 is 1.50 bits per heavy atom. The van der Waals surface area contributed by atoms with Crippen molar-refractivity contribution in [2.75, 3.05) is 19.8 Å². The van der Waals surface area contributed by atoms with Crippen LogP contribution in [0.4, 0.5) is 4.39 Å². The van der Waals surface area contributed by atoms with Crippen molar-refractivity contribution in [2.24, 2.45) is 5.92 Å². The summed E-state index contributed by atoms with van der Waals surface area (Å²) in [6.45, 7) is 6.06. The van der Waals surface area contributed by atoms with E-state index in [1.54, 1.807) is 0 Å². The van der Waals surface area contributed by atoms with E-state index in [0.717, 1.165) is 12.5 Å². The second kappa shape index (κ2) is 4.80.